The fourth-order valence-corrected chi connectivity index (χ4v) is 4.37. The van der Waals surface area contributed by atoms with E-state index in [0.29, 0.717) is 6.54 Å². The van der Waals surface area contributed by atoms with Crippen LogP contribution in [0.1, 0.15) is 31.4 Å². The lowest BCUT2D eigenvalue weighted by Crippen LogP contribution is -2.46. The second-order valence-electron chi connectivity index (χ2n) is 5.93. The van der Waals surface area contributed by atoms with Crippen LogP contribution in [0.4, 0.5) is 0 Å². The molecular weight excluding hydrogens is 284 g/mol. The minimum Gasteiger partial charge on any atom is -0.313 e. The van der Waals surface area contributed by atoms with Gasteiger partial charge in [0.05, 0.1) is 11.5 Å². The van der Waals surface area contributed by atoms with Crippen molar-refractivity contribution in [2.45, 2.75) is 39.4 Å². The standard InChI is InChI=1S/C16H26N2O2S/c1-3-7-17-11-15-5-4-6-16(10-15)12-18-8-9-21(19,20)13-14(18)2/h4-6,10,14,17H,3,7-9,11-13H2,1-2H3. The first-order valence-corrected chi connectivity index (χ1v) is 9.55. The molecule has 0 spiro atoms. The first-order chi connectivity index (χ1) is 10.00. The van der Waals surface area contributed by atoms with Crippen molar-refractivity contribution < 1.29 is 8.42 Å². The van der Waals surface area contributed by atoms with Gasteiger partial charge in [-0.05, 0) is 31.0 Å². The van der Waals surface area contributed by atoms with Crippen molar-refractivity contribution in [1.29, 1.82) is 0 Å². The summed E-state index contributed by atoms with van der Waals surface area (Å²) in [5.41, 5.74) is 2.55. The van der Waals surface area contributed by atoms with Crippen molar-refractivity contribution >= 4 is 9.84 Å². The minimum atomic E-state index is -2.83. The van der Waals surface area contributed by atoms with E-state index in [-0.39, 0.29) is 17.5 Å². The van der Waals surface area contributed by atoms with Crippen molar-refractivity contribution in [3.8, 4) is 0 Å². The van der Waals surface area contributed by atoms with Gasteiger partial charge in [-0.3, -0.25) is 4.90 Å². The Hall–Kier alpha value is -0.910. The normalized spacial score (nSPS) is 22.3. The number of hydrogen-bond acceptors (Lipinski definition) is 4. The van der Waals surface area contributed by atoms with Crippen LogP contribution in [0.3, 0.4) is 0 Å². The Labute approximate surface area is 128 Å². The second-order valence-corrected chi connectivity index (χ2v) is 8.16. The van der Waals surface area contributed by atoms with Crippen molar-refractivity contribution in [1.82, 2.24) is 10.2 Å². The first kappa shape index (κ1) is 16.5. The van der Waals surface area contributed by atoms with Gasteiger partial charge in [0, 0.05) is 25.7 Å². The van der Waals surface area contributed by atoms with Gasteiger partial charge in [-0.1, -0.05) is 31.2 Å². The molecule has 0 amide bonds. The molecule has 1 aliphatic rings. The summed E-state index contributed by atoms with van der Waals surface area (Å²) in [7, 11) is -2.83. The Morgan fingerprint density at radius 2 is 2.10 bits per heavy atom. The fourth-order valence-electron chi connectivity index (χ4n) is 2.75. The maximum Gasteiger partial charge on any atom is 0.153 e. The van der Waals surface area contributed by atoms with E-state index >= 15 is 0 Å². The largest absolute Gasteiger partial charge is 0.313 e. The molecule has 1 saturated heterocycles. The van der Waals surface area contributed by atoms with E-state index in [2.05, 4.69) is 41.4 Å². The maximum absolute atomic E-state index is 11.6. The molecule has 4 nitrogen and oxygen atoms in total. The lowest BCUT2D eigenvalue weighted by molar-refractivity contribution is 0.218. The highest BCUT2D eigenvalue weighted by molar-refractivity contribution is 7.91. The average Bonchev–Trinajstić information content (AvgIpc) is 2.42. The average molecular weight is 310 g/mol. The number of benzene rings is 1. The van der Waals surface area contributed by atoms with Gasteiger partial charge in [-0.2, -0.15) is 0 Å². The zero-order valence-electron chi connectivity index (χ0n) is 13.0. The molecule has 2 rings (SSSR count). The number of nitrogens with zero attached hydrogens (tertiary/aromatic N) is 1. The summed E-state index contributed by atoms with van der Waals surface area (Å²) in [6.45, 7) is 7.57. The van der Waals surface area contributed by atoms with E-state index in [0.717, 1.165) is 26.1 Å². The van der Waals surface area contributed by atoms with Crippen LogP contribution in [-0.4, -0.2) is 44.0 Å². The van der Waals surface area contributed by atoms with E-state index in [1.165, 1.54) is 11.1 Å². The van der Waals surface area contributed by atoms with Crippen molar-refractivity contribution in [2.75, 3.05) is 24.6 Å². The van der Waals surface area contributed by atoms with Crippen LogP contribution < -0.4 is 5.32 Å². The van der Waals surface area contributed by atoms with E-state index in [4.69, 9.17) is 0 Å². The lowest BCUT2D eigenvalue weighted by Gasteiger charge is -2.33. The Morgan fingerprint density at radius 1 is 1.33 bits per heavy atom. The summed E-state index contributed by atoms with van der Waals surface area (Å²) < 4.78 is 23.2. The molecule has 1 aromatic carbocycles. The van der Waals surface area contributed by atoms with Crippen LogP contribution >= 0.6 is 0 Å². The Balaban J connectivity index is 1.95. The zero-order valence-corrected chi connectivity index (χ0v) is 13.8. The molecule has 0 bridgehead atoms. The van der Waals surface area contributed by atoms with Gasteiger partial charge in [0.2, 0.25) is 0 Å². The van der Waals surface area contributed by atoms with E-state index in [9.17, 15) is 8.42 Å². The predicted octanol–water partition coefficient (Wildman–Crippen LogP) is 1.81. The van der Waals surface area contributed by atoms with Crippen molar-refractivity contribution in [3.05, 3.63) is 35.4 Å². The number of hydrogen-bond donors (Lipinski definition) is 1. The van der Waals surface area contributed by atoms with Crippen LogP contribution in [0, 0.1) is 0 Å². The van der Waals surface area contributed by atoms with Crippen molar-refractivity contribution in [2.24, 2.45) is 0 Å². The molecule has 118 valence electrons. The molecule has 1 atom stereocenters. The summed E-state index contributed by atoms with van der Waals surface area (Å²) in [4.78, 5) is 2.26. The van der Waals surface area contributed by atoms with E-state index in [1.54, 1.807) is 0 Å². The van der Waals surface area contributed by atoms with Gasteiger partial charge in [-0.25, -0.2) is 8.42 Å². The maximum atomic E-state index is 11.6. The summed E-state index contributed by atoms with van der Waals surface area (Å²) in [6, 6.07) is 8.67. The molecule has 1 fully saturated rings. The first-order valence-electron chi connectivity index (χ1n) is 7.73. The summed E-state index contributed by atoms with van der Waals surface area (Å²) in [5, 5.41) is 3.41. The molecule has 1 heterocycles. The van der Waals surface area contributed by atoms with Crippen LogP contribution in [-0.2, 0) is 22.9 Å². The Morgan fingerprint density at radius 3 is 2.81 bits per heavy atom. The van der Waals surface area contributed by atoms with Gasteiger partial charge >= 0.3 is 0 Å². The highest BCUT2D eigenvalue weighted by Crippen LogP contribution is 2.16. The molecule has 0 saturated carbocycles. The SMILES string of the molecule is CCCNCc1cccc(CN2CCS(=O)(=O)CC2C)c1. The molecular formula is C16H26N2O2S. The molecule has 5 heteroatoms. The number of nitrogens with one attached hydrogen (secondary N) is 1. The highest BCUT2D eigenvalue weighted by atomic mass is 32.2. The van der Waals surface area contributed by atoms with E-state index < -0.39 is 9.84 Å². The van der Waals surface area contributed by atoms with Gasteiger partial charge in [0.25, 0.3) is 0 Å². The fraction of sp³-hybridized carbons (Fsp3) is 0.625. The molecule has 1 unspecified atom stereocenters. The molecule has 1 N–H and O–H groups in total. The van der Waals surface area contributed by atoms with Gasteiger partial charge < -0.3 is 5.32 Å². The highest BCUT2D eigenvalue weighted by Gasteiger charge is 2.27. The molecule has 0 aliphatic carbocycles. The van der Waals surface area contributed by atoms with Gasteiger partial charge in [0.15, 0.2) is 9.84 Å². The third-order valence-electron chi connectivity index (χ3n) is 3.94. The van der Waals surface area contributed by atoms with Crippen LogP contribution in [0.5, 0.6) is 0 Å². The predicted molar refractivity (Wildman–Crippen MR) is 87.0 cm³/mol. The number of rotatable bonds is 6. The monoisotopic (exact) mass is 310 g/mol. The quantitative estimate of drug-likeness (QED) is 0.814. The second kappa shape index (κ2) is 7.38. The molecule has 21 heavy (non-hydrogen) atoms. The van der Waals surface area contributed by atoms with Gasteiger partial charge in [0.1, 0.15) is 0 Å². The molecule has 1 aromatic rings. The topological polar surface area (TPSA) is 49.4 Å². The lowest BCUT2D eigenvalue weighted by atomic mass is 10.1. The van der Waals surface area contributed by atoms with Crippen LogP contribution in [0.2, 0.25) is 0 Å². The Kier molecular flexibility index (Phi) is 5.79. The van der Waals surface area contributed by atoms with E-state index in [1.807, 2.05) is 6.92 Å². The minimum absolute atomic E-state index is 0.102. The molecule has 0 radical (unpaired) electrons. The summed E-state index contributed by atoms with van der Waals surface area (Å²) in [6.07, 6.45) is 1.14. The third kappa shape index (κ3) is 5.09. The molecule has 0 aromatic heterocycles. The summed E-state index contributed by atoms with van der Waals surface area (Å²) >= 11 is 0. The summed E-state index contributed by atoms with van der Waals surface area (Å²) in [5.74, 6) is 0.569. The van der Waals surface area contributed by atoms with Crippen LogP contribution in [0.15, 0.2) is 24.3 Å². The van der Waals surface area contributed by atoms with Crippen molar-refractivity contribution in [3.63, 3.8) is 0 Å². The zero-order chi connectivity index (χ0) is 15.3. The molecule has 1 aliphatic heterocycles. The number of sulfone groups is 1. The van der Waals surface area contributed by atoms with Gasteiger partial charge in [-0.15, -0.1) is 0 Å². The Bertz CT molecular complexity index is 557. The smallest absolute Gasteiger partial charge is 0.153 e. The van der Waals surface area contributed by atoms with Crippen LogP contribution in [0.25, 0.3) is 0 Å². The third-order valence-corrected chi connectivity index (χ3v) is 5.74.